The van der Waals surface area contributed by atoms with Gasteiger partial charge in [-0.05, 0) is 55.5 Å². The first kappa shape index (κ1) is 21.7. The molecule has 0 radical (unpaired) electrons. The third-order valence-corrected chi connectivity index (χ3v) is 4.32. The molecular weight excluding hydrogens is 396 g/mol. The second-order valence-corrected chi connectivity index (χ2v) is 6.63. The van der Waals surface area contributed by atoms with Gasteiger partial charge >= 0.3 is 5.97 Å². The van der Waals surface area contributed by atoms with Crippen molar-refractivity contribution in [1.82, 2.24) is 0 Å². The number of amides is 1. The van der Waals surface area contributed by atoms with Crippen LogP contribution in [0.15, 0.2) is 78.9 Å². The highest BCUT2D eigenvalue weighted by Gasteiger charge is 2.19. The van der Waals surface area contributed by atoms with Gasteiger partial charge in [-0.3, -0.25) is 4.79 Å². The molecule has 0 bridgehead atoms. The molecule has 160 valence electrons. The highest BCUT2D eigenvalue weighted by atomic mass is 16.6. The van der Waals surface area contributed by atoms with Gasteiger partial charge in [-0.2, -0.15) is 0 Å². The minimum Gasteiger partial charge on any atom is -0.495 e. The molecule has 0 saturated heterocycles. The maximum Gasteiger partial charge on any atom is 0.344 e. The van der Waals surface area contributed by atoms with Crippen LogP contribution in [0.4, 0.5) is 17.1 Å². The number of carbonyl (C=O) groups excluding carboxylic acids is 2. The number of hydrogen-bond donors (Lipinski definition) is 2. The van der Waals surface area contributed by atoms with E-state index in [1.807, 2.05) is 42.5 Å². The lowest BCUT2D eigenvalue weighted by Crippen LogP contribution is -2.31. The Morgan fingerprint density at radius 1 is 0.871 bits per heavy atom. The number of methoxy groups -OCH3 is 1. The molecule has 0 saturated carbocycles. The van der Waals surface area contributed by atoms with Gasteiger partial charge in [-0.25, -0.2) is 4.79 Å². The fourth-order valence-corrected chi connectivity index (χ4v) is 2.73. The molecule has 0 aliphatic rings. The summed E-state index contributed by atoms with van der Waals surface area (Å²) in [6.45, 7) is 1.18. The Labute approximate surface area is 180 Å². The monoisotopic (exact) mass is 420 g/mol. The maximum absolute atomic E-state index is 12.3. The minimum absolute atomic E-state index is 0.308. The Hall–Kier alpha value is -4.00. The van der Waals surface area contributed by atoms with E-state index in [4.69, 9.17) is 14.2 Å². The van der Waals surface area contributed by atoms with Crippen LogP contribution in [0.1, 0.15) is 6.92 Å². The molecule has 7 nitrogen and oxygen atoms in total. The Kier molecular flexibility index (Phi) is 7.48. The smallest absolute Gasteiger partial charge is 0.344 e. The van der Waals surface area contributed by atoms with Gasteiger partial charge in [-0.1, -0.05) is 30.3 Å². The molecule has 1 atom stereocenters. The van der Waals surface area contributed by atoms with E-state index in [9.17, 15) is 9.59 Å². The molecule has 0 spiro atoms. The van der Waals surface area contributed by atoms with Crippen LogP contribution < -0.4 is 20.1 Å². The average Bonchev–Trinajstić information content (AvgIpc) is 2.79. The molecule has 0 aromatic heterocycles. The number of anilines is 3. The highest BCUT2D eigenvalue weighted by Crippen LogP contribution is 2.23. The van der Waals surface area contributed by atoms with Gasteiger partial charge in [-0.15, -0.1) is 0 Å². The lowest BCUT2D eigenvalue weighted by molar-refractivity contribution is -0.155. The molecule has 0 unspecified atom stereocenters. The van der Waals surface area contributed by atoms with Crippen molar-refractivity contribution < 1.29 is 23.8 Å². The molecule has 3 aromatic carbocycles. The van der Waals surface area contributed by atoms with E-state index >= 15 is 0 Å². The van der Waals surface area contributed by atoms with Crippen LogP contribution in [-0.2, 0) is 14.3 Å². The highest BCUT2D eigenvalue weighted by molar-refractivity contribution is 5.96. The largest absolute Gasteiger partial charge is 0.495 e. The third kappa shape index (κ3) is 6.50. The van der Waals surface area contributed by atoms with Crippen LogP contribution in [0.25, 0.3) is 0 Å². The van der Waals surface area contributed by atoms with Crippen LogP contribution in [0.5, 0.6) is 11.5 Å². The molecular formula is C24H24N2O5. The lowest BCUT2D eigenvalue weighted by atomic mass is 10.2. The normalized spacial score (nSPS) is 11.2. The van der Waals surface area contributed by atoms with Gasteiger partial charge in [0.1, 0.15) is 11.5 Å². The van der Waals surface area contributed by atoms with Crippen LogP contribution >= 0.6 is 0 Å². The SMILES string of the molecule is COc1ccccc1NC(=O)[C@H](C)OC(=O)COc1ccc(Nc2ccccc2)cc1. The van der Waals surface area contributed by atoms with Crippen molar-refractivity contribution in [2.75, 3.05) is 24.4 Å². The number of hydrogen-bond acceptors (Lipinski definition) is 6. The van der Waals surface area contributed by atoms with Crippen molar-refractivity contribution in [2.24, 2.45) is 0 Å². The molecule has 0 aliphatic heterocycles. The summed E-state index contributed by atoms with van der Waals surface area (Å²) in [4.78, 5) is 24.3. The standard InChI is InChI=1S/C24H24N2O5/c1-17(24(28)26-21-10-6-7-11-22(21)29-2)31-23(27)16-30-20-14-12-19(13-15-20)25-18-8-4-3-5-9-18/h3-15,17,25H,16H2,1-2H3,(H,26,28)/t17-/m0/s1. The van der Waals surface area contributed by atoms with Crippen LogP contribution in [0.3, 0.4) is 0 Å². The Balaban J connectivity index is 1.45. The van der Waals surface area contributed by atoms with E-state index < -0.39 is 18.0 Å². The average molecular weight is 420 g/mol. The summed E-state index contributed by atoms with van der Waals surface area (Å²) in [6, 6.07) is 23.9. The predicted octanol–water partition coefficient (Wildman–Crippen LogP) is 4.39. The fraction of sp³-hybridized carbons (Fsp3) is 0.167. The van der Waals surface area contributed by atoms with Crippen molar-refractivity contribution >= 4 is 28.9 Å². The molecule has 3 aromatic rings. The molecule has 0 aliphatic carbocycles. The second-order valence-electron chi connectivity index (χ2n) is 6.63. The van der Waals surface area contributed by atoms with Crippen LogP contribution in [0.2, 0.25) is 0 Å². The quantitative estimate of drug-likeness (QED) is 0.500. The summed E-state index contributed by atoms with van der Waals surface area (Å²) in [5.74, 6) is -0.0760. The molecule has 2 N–H and O–H groups in total. The van der Waals surface area contributed by atoms with E-state index in [0.29, 0.717) is 17.2 Å². The van der Waals surface area contributed by atoms with Crippen LogP contribution in [0, 0.1) is 0 Å². The Bertz CT molecular complexity index is 1010. The summed E-state index contributed by atoms with van der Waals surface area (Å²) in [7, 11) is 1.51. The molecule has 31 heavy (non-hydrogen) atoms. The number of ether oxygens (including phenoxy) is 3. The molecule has 0 fully saturated rings. The summed E-state index contributed by atoms with van der Waals surface area (Å²) >= 11 is 0. The number of rotatable bonds is 9. The van der Waals surface area contributed by atoms with E-state index in [0.717, 1.165) is 11.4 Å². The first-order chi connectivity index (χ1) is 15.0. The molecule has 0 heterocycles. The third-order valence-electron chi connectivity index (χ3n) is 4.32. The first-order valence-electron chi connectivity index (χ1n) is 9.73. The van der Waals surface area contributed by atoms with Crippen LogP contribution in [-0.4, -0.2) is 31.7 Å². The maximum atomic E-state index is 12.3. The number of esters is 1. The van der Waals surface area contributed by atoms with E-state index in [1.54, 1.807) is 36.4 Å². The Morgan fingerprint density at radius 3 is 2.23 bits per heavy atom. The fourth-order valence-electron chi connectivity index (χ4n) is 2.73. The van der Waals surface area contributed by atoms with Gasteiger partial charge in [0.05, 0.1) is 12.8 Å². The first-order valence-corrected chi connectivity index (χ1v) is 9.73. The number of para-hydroxylation sites is 3. The van der Waals surface area contributed by atoms with Crippen molar-refractivity contribution in [2.45, 2.75) is 13.0 Å². The number of nitrogens with one attached hydrogen (secondary N) is 2. The topological polar surface area (TPSA) is 85.9 Å². The number of carbonyl (C=O) groups is 2. The van der Waals surface area contributed by atoms with E-state index in [2.05, 4.69) is 10.6 Å². The molecule has 1 amide bonds. The van der Waals surface area contributed by atoms with Crippen molar-refractivity contribution in [1.29, 1.82) is 0 Å². The summed E-state index contributed by atoms with van der Waals surface area (Å²) in [6.07, 6.45) is -0.988. The van der Waals surface area contributed by atoms with E-state index in [-0.39, 0.29) is 6.61 Å². The summed E-state index contributed by atoms with van der Waals surface area (Å²) in [5.41, 5.74) is 2.36. The second kappa shape index (κ2) is 10.7. The number of benzene rings is 3. The summed E-state index contributed by atoms with van der Waals surface area (Å²) in [5, 5.41) is 5.94. The Morgan fingerprint density at radius 2 is 1.52 bits per heavy atom. The summed E-state index contributed by atoms with van der Waals surface area (Å²) < 4.78 is 15.8. The van der Waals surface area contributed by atoms with E-state index in [1.165, 1.54) is 14.0 Å². The van der Waals surface area contributed by atoms with Gasteiger partial charge in [0, 0.05) is 11.4 Å². The zero-order valence-corrected chi connectivity index (χ0v) is 17.3. The van der Waals surface area contributed by atoms with Gasteiger partial charge in [0.2, 0.25) is 0 Å². The predicted molar refractivity (Wildman–Crippen MR) is 119 cm³/mol. The van der Waals surface area contributed by atoms with Crippen molar-refractivity contribution in [3.8, 4) is 11.5 Å². The van der Waals surface area contributed by atoms with Crippen molar-refractivity contribution in [3.05, 3.63) is 78.9 Å². The molecule has 3 rings (SSSR count). The minimum atomic E-state index is -0.988. The zero-order valence-electron chi connectivity index (χ0n) is 17.3. The van der Waals surface area contributed by atoms with Gasteiger partial charge < -0.3 is 24.8 Å². The van der Waals surface area contributed by atoms with Gasteiger partial charge in [0.15, 0.2) is 12.7 Å². The van der Waals surface area contributed by atoms with Crippen molar-refractivity contribution in [3.63, 3.8) is 0 Å². The lowest BCUT2D eigenvalue weighted by Gasteiger charge is -2.15. The zero-order chi connectivity index (χ0) is 22.1. The molecule has 7 heteroatoms. The van der Waals surface area contributed by atoms with Gasteiger partial charge in [0.25, 0.3) is 5.91 Å².